The number of carbonyl (C=O) groups excluding carboxylic acids is 1. The maximum atomic E-state index is 11.4. The van der Waals surface area contributed by atoms with Gasteiger partial charge in [-0.25, -0.2) is 13.2 Å². The van der Waals surface area contributed by atoms with E-state index in [4.69, 9.17) is 0 Å². The van der Waals surface area contributed by atoms with E-state index in [0.29, 0.717) is 6.42 Å². The molecule has 2 aliphatic rings. The van der Waals surface area contributed by atoms with E-state index in [1.54, 1.807) is 11.8 Å². The highest BCUT2D eigenvalue weighted by molar-refractivity contribution is 7.91. The molecule has 2 amide bonds. The Morgan fingerprint density at radius 3 is 2.50 bits per heavy atom. The Morgan fingerprint density at radius 1 is 1.43 bits per heavy atom. The van der Waals surface area contributed by atoms with Crippen molar-refractivity contribution in [2.24, 2.45) is 0 Å². The Labute approximate surface area is 83.4 Å². The van der Waals surface area contributed by atoms with Crippen molar-refractivity contribution in [1.82, 2.24) is 10.2 Å². The smallest absolute Gasteiger partial charge is 0.317 e. The van der Waals surface area contributed by atoms with Crippen LogP contribution in [0.15, 0.2) is 0 Å². The summed E-state index contributed by atoms with van der Waals surface area (Å²) in [7, 11) is -2.94. The molecular formula is C8H14N2O3S. The number of amides is 2. The van der Waals surface area contributed by atoms with Crippen LogP contribution >= 0.6 is 0 Å². The van der Waals surface area contributed by atoms with Gasteiger partial charge in [-0.15, -0.1) is 0 Å². The van der Waals surface area contributed by atoms with E-state index in [9.17, 15) is 13.2 Å². The predicted molar refractivity (Wildman–Crippen MR) is 51.8 cm³/mol. The summed E-state index contributed by atoms with van der Waals surface area (Å²) in [5.41, 5.74) is -0.557. The third kappa shape index (κ3) is 2.00. The van der Waals surface area contributed by atoms with Crippen LogP contribution in [0.5, 0.6) is 0 Å². The van der Waals surface area contributed by atoms with E-state index >= 15 is 0 Å². The fourth-order valence-corrected chi connectivity index (χ4v) is 3.79. The second-order valence-electron chi connectivity index (χ2n) is 4.32. The lowest BCUT2D eigenvalue weighted by Gasteiger charge is -2.23. The summed E-state index contributed by atoms with van der Waals surface area (Å²) in [5.74, 6) is 0.253. The van der Waals surface area contributed by atoms with Crippen LogP contribution in [0.4, 0.5) is 4.79 Å². The topological polar surface area (TPSA) is 66.2 Å². The molecule has 0 spiro atoms. The van der Waals surface area contributed by atoms with Gasteiger partial charge in [-0.2, -0.15) is 0 Å². The van der Waals surface area contributed by atoms with Crippen molar-refractivity contribution in [2.75, 3.05) is 24.6 Å². The second-order valence-corrected chi connectivity index (χ2v) is 6.50. The first-order chi connectivity index (χ1) is 6.40. The third-order valence-corrected chi connectivity index (χ3v) is 4.55. The molecular weight excluding hydrogens is 204 g/mol. The fraction of sp³-hybridized carbons (Fsp3) is 0.875. The highest BCUT2D eigenvalue weighted by atomic mass is 32.2. The van der Waals surface area contributed by atoms with Crippen LogP contribution < -0.4 is 5.32 Å². The molecule has 0 aromatic heterocycles. The molecule has 14 heavy (non-hydrogen) atoms. The zero-order valence-corrected chi connectivity index (χ0v) is 8.93. The quantitative estimate of drug-likeness (QED) is 0.608. The lowest BCUT2D eigenvalue weighted by molar-refractivity contribution is 0.218. The SMILES string of the molecule is CC1(NC(=O)N2CC2)CCS(=O)(=O)C1. The highest BCUT2D eigenvalue weighted by Gasteiger charge is 2.41. The summed E-state index contributed by atoms with van der Waals surface area (Å²) < 4.78 is 22.5. The number of sulfone groups is 1. The lowest BCUT2D eigenvalue weighted by atomic mass is 10.0. The van der Waals surface area contributed by atoms with E-state index in [2.05, 4.69) is 5.32 Å². The molecule has 0 aromatic carbocycles. The van der Waals surface area contributed by atoms with Gasteiger partial charge in [0, 0.05) is 13.1 Å². The zero-order valence-electron chi connectivity index (χ0n) is 8.12. The van der Waals surface area contributed by atoms with Gasteiger partial charge in [0.25, 0.3) is 0 Å². The largest absolute Gasteiger partial charge is 0.332 e. The molecule has 2 fully saturated rings. The van der Waals surface area contributed by atoms with E-state index in [1.807, 2.05) is 0 Å². The Morgan fingerprint density at radius 2 is 2.07 bits per heavy atom. The maximum Gasteiger partial charge on any atom is 0.317 e. The summed E-state index contributed by atoms with van der Waals surface area (Å²) in [5, 5.41) is 2.78. The molecule has 1 unspecified atom stereocenters. The van der Waals surface area contributed by atoms with Crippen LogP contribution in [0.1, 0.15) is 13.3 Å². The fourth-order valence-electron chi connectivity index (χ4n) is 1.70. The van der Waals surface area contributed by atoms with Gasteiger partial charge in [0.2, 0.25) is 0 Å². The molecule has 0 bridgehead atoms. The van der Waals surface area contributed by atoms with Crippen molar-refractivity contribution < 1.29 is 13.2 Å². The molecule has 0 aromatic rings. The predicted octanol–water partition coefficient (Wildman–Crippen LogP) is -0.411. The normalized spacial score (nSPS) is 34.2. The average molecular weight is 218 g/mol. The minimum Gasteiger partial charge on any atom is -0.332 e. The van der Waals surface area contributed by atoms with E-state index < -0.39 is 15.4 Å². The number of carbonyl (C=O) groups is 1. The van der Waals surface area contributed by atoms with Crippen molar-refractivity contribution in [3.63, 3.8) is 0 Å². The first kappa shape index (κ1) is 9.76. The van der Waals surface area contributed by atoms with Crippen molar-refractivity contribution >= 4 is 15.9 Å². The number of urea groups is 1. The Hall–Kier alpha value is -0.780. The minimum absolute atomic E-state index is 0.0690. The molecule has 0 saturated carbocycles. The monoisotopic (exact) mass is 218 g/mol. The molecule has 2 heterocycles. The van der Waals surface area contributed by atoms with Crippen molar-refractivity contribution in [2.45, 2.75) is 18.9 Å². The van der Waals surface area contributed by atoms with Crippen molar-refractivity contribution in [3.8, 4) is 0 Å². The van der Waals surface area contributed by atoms with Gasteiger partial charge in [0.15, 0.2) is 9.84 Å². The first-order valence-corrected chi connectivity index (χ1v) is 6.50. The average Bonchev–Trinajstić information content (AvgIpc) is 2.79. The zero-order chi connectivity index (χ0) is 10.4. The van der Waals surface area contributed by atoms with Gasteiger partial charge in [0.05, 0.1) is 17.0 Å². The molecule has 2 rings (SSSR count). The number of rotatable bonds is 1. The van der Waals surface area contributed by atoms with E-state index in [-0.39, 0.29) is 17.5 Å². The first-order valence-electron chi connectivity index (χ1n) is 4.68. The summed E-state index contributed by atoms with van der Waals surface area (Å²) >= 11 is 0. The summed E-state index contributed by atoms with van der Waals surface area (Å²) in [6.07, 6.45) is 0.523. The van der Waals surface area contributed by atoms with Crippen LogP contribution in [0.25, 0.3) is 0 Å². The van der Waals surface area contributed by atoms with Gasteiger partial charge >= 0.3 is 6.03 Å². The Balaban J connectivity index is 2.00. The lowest BCUT2D eigenvalue weighted by Crippen LogP contribution is -2.48. The van der Waals surface area contributed by atoms with Gasteiger partial charge in [-0.05, 0) is 13.3 Å². The van der Waals surface area contributed by atoms with Crippen LogP contribution in [-0.2, 0) is 9.84 Å². The summed E-state index contributed by atoms with van der Waals surface area (Å²) in [4.78, 5) is 13.0. The van der Waals surface area contributed by atoms with Gasteiger partial charge < -0.3 is 10.2 Å². The van der Waals surface area contributed by atoms with Crippen molar-refractivity contribution in [1.29, 1.82) is 0 Å². The van der Waals surface area contributed by atoms with E-state index in [0.717, 1.165) is 13.1 Å². The van der Waals surface area contributed by atoms with E-state index in [1.165, 1.54) is 0 Å². The number of nitrogens with one attached hydrogen (secondary N) is 1. The molecule has 2 saturated heterocycles. The van der Waals surface area contributed by atoms with Crippen LogP contribution in [0.2, 0.25) is 0 Å². The molecule has 6 heteroatoms. The number of nitrogens with zero attached hydrogens (tertiary/aromatic N) is 1. The third-order valence-electron chi connectivity index (χ3n) is 2.65. The molecule has 80 valence electrons. The number of hydrogen-bond donors (Lipinski definition) is 1. The van der Waals surface area contributed by atoms with Gasteiger partial charge in [0.1, 0.15) is 0 Å². The minimum atomic E-state index is -2.94. The molecule has 0 aliphatic carbocycles. The molecule has 5 nitrogen and oxygen atoms in total. The van der Waals surface area contributed by atoms with Crippen molar-refractivity contribution in [3.05, 3.63) is 0 Å². The Kier molecular flexibility index (Phi) is 1.99. The summed E-state index contributed by atoms with van der Waals surface area (Å²) in [6, 6.07) is -0.135. The van der Waals surface area contributed by atoms with Crippen LogP contribution in [0, 0.1) is 0 Å². The van der Waals surface area contributed by atoms with Crippen LogP contribution in [0.3, 0.4) is 0 Å². The molecule has 0 radical (unpaired) electrons. The van der Waals surface area contributed by atoms with Crippen LogP contribution in [-0.4, -0.2) is 49.5 Å². The second kappa shape index (κ2) is 2.85. The van der Waals surface area contributed by atoms with Gasteiger partial charge in [-0.3, -0.25) is 0 Å². The highest BCUT2D eigenvalue weighted by Crippen LogP contribution is 2.23. The molecule has 1 atom stereocenters. The number of hydrogen-bond acceptors (Lipinski definition) is 3. The Bertz CT molecular complexity index is 361. The molecule has 2 aliphatic heterocycles. The molecule has 1 N–H and O–H groups in total. The van der Waals surface area contributed by atoms with Gasteiger partial charge in [-0.1, -0.05) is 0 Å². The maximum absolute atomic E-state index is 11.4. The standard InChI is InChI=1S/C8H14N2O3S/c1-8(2-5-14(12,13)6-8)9-7(11)10-3-4-10/h2-6H2,1H3,(H,9,11). The summed E-state index contributed by atoms with van der Waals surface area (Å²) in [6.45, 7) is 3.36.